The van der Waals surface area contributed by atoms with Gasteiger partial charge in [-0.25, -0.2) is 0 Å². The Morgan fingerprint density at radius 2 is 1.03 bits per heavy atom. The first-order chi connectivity index (χ1) is 34.0. The smallest absolute Gasteiger partial charge is 0.264 e. The maximum absolute atomic E-state index is 2.67. The van der Waals surface area contributed by atoms with Crippen molar-refractivity contribution in [1.82, 2.24) is 0 Å². The molecule has 8 aromatic carbocycles. The summed E-state index contributed by atoms with van der Waals surface area (Å²) in [5.41, 5.74) is 21.5. The van der Waals surface area contributed by atoms with Gasteiger partial charge in [0.25, 0.3) is 6.71 Å². The molecule has 1 aliphatic carbocycles. The molecule has 1 aromatic heterocycles. The summed E-state index contributed by atoms with van der Waals surface area (Å²) in [6.07, 6.45) is 2.31. The van der Waals surface area contributed by atoms with Crippen molar-refractivity contribution < 1.29 is 0 Å². The van der Waals surface area contributed by atoms with Crippen molar-refractivity contribution in [3.63, 3.8) is 0 Å². The highest BCUT2D eigenvalue weighted by Gasteiger charge is 2.48. The lowest BCUT2D eigenvalue weighted by molar-refractivity contribution is 0.332. The van der Waals surface area contributed by atoms with E-state index in [4.69, 9.17) is 0 Å². The van der Waals surface area contributed by atoms with Gasteiger partial charge in [-0.1, -0.05) is 172 Å². The van der Waals surface area contributed by atoms with Crippen LogP contribution in [-0.4, -0.2) is 6.71 Å². The van der Waals surface area contributed by atoms with E-state index in [0.29, 0.717) is 0 Å². The fourth-order valence-corrected chi connectivity index (χ4v) is 13.1. The molecule has 71 heavy (non-hydrogen) atoms. The minimum atomic E-state index is -0.0300. The number of para-hydroxylation sites is 2. The molecular formula is C66H64BN3S. The highest BCUT2D eigenvalue weighted by Crippen LogP contribution is 2.54. The van der Waals surface area contributed by atoms with Gasteiger partial charge in [-0.3, -0.25) is 0 Å². The lowest BCUT2D eigenvalue weighted by Gasteiger charge is -2.47. The zero-order valence-corrected chi connectivity index (χ0v) is 43.9. The summed E-state index contributed by atoms with van der Waals surface area (Å²) in [5.74, 6) is 0. The van der Waals surface area contributed by atoms with E-state index < -0.39 is 0 Å². The Morgan fingerprint density at radius 1 is 0.479 bits per heavy atom. The lowest BCUT2D eigenvalue weighted by atomic mass is 9.35. The first kappa shape index (κ1) is 45.3. The van der Waals surface area contributed by atoms with E-state index in [-0.39, 0.29) is 28.4 Å². The Morgan fingerprint density at radius 3 is 1.63 bits per heavy atom. The lowest BCUT2D eigenvalue weighted by Crippen LogP contribution is -2.61. The SMILES string of the molecule is CC(C)(C)c1ccc(N2c3cc4c(cc3B3c5sc6ccc(C(C)(C)C)cc6c5N(c5cccc(-c6ccccc6)c5)c5cc(N(c6ccccc6)c6ccccc6)cc2c53)C(C)(C)CCC4(C)C)cc1. The van der Waals surface area contributed by atoms with Crippen LogP contribution in [0.1, 0.15) is 104 Å². The number of rotatable bonds is 6. The molecule has 12 rings (SSSR count). The molecule has 5 heteroatoms. The number of thiophene rings is 1. The van der Waals surface area contributed by atoms with Crippen LogP contribution in [0.3, 0.4) is 0 Å². The predicted octanol–water partition coefficient (Wildman–Crippen LogP) is 17.1. The van der Waals surface area contributed by atoms with Gasteiger partial charge in [0.15, 0.2) is 0 Å². The third-order valence-corrected chi connectivity index (χ3v) is 17.2. The van der Waals surface area contributed by atoms with Gasteiger partial charge in [-0.05, 0) is 158 Å². The van der Waals surface area contributed by atoms with Gasteiger partial charge >= 0.3 is 0 Å². The van der Waals surface area contributed by atoms with E-state index in [1.165, 1.54) is 87.6 Å². The maximum Gasteiger partial charge on any atom is 0.264 e. The highest BCUT2D eigenvalue weighted by atomic mass is 32.1. The van der Waals surface area contributed by atoms with Crippen molar-refractivity contribution in [1.29, 1.82) is 0 Å². The normalized spacial score (nSPS) is 15.5. The van der Waals surface area contributed by atoms with Crippen LogP contribution in [0.4, 0.5) is 51.2 Å². The van der Waals surface area contributed by atoms with E-state index >= 15 is 0 Å². The zero-order chi connectivity index (χ0) is 49.2. The largest absolute Gasteiger partial charge is 0.311 e. The maximum atomic E-state index is 2.67. The van der Waals surface area contributed by atoms with Crippen molar-refractivity contribution in [2.75, 3.05) is 14.7 Å². The third-order valence-electron chi connectivity index (χ3n) is 16.0. The van der Waals surface area contributed by atoms with E-state index in [2.05, 4.69) is 266 Å². The molecule has 3 nitrogen and oxygen atoms in total. The summed E-state index contributed by atoms with van der Waals surface area (Å²) < 4.78 is 2.72. The average molecular weight is 942 g/mol. The molecule has 0 atom stereocenters. The van der Waals surface area contributed by atoms with E-state index in [9.17, 15) is 0 Å². The topological polar surface area (TPSA) is 9.72 Å². The Hall–Kier alpha value is -6.82. The van der Waals surface area contributed by atoms with Crippen molar-refractivity contribution in [2.45, 2.75) is 104 Å². The van der Waals surface area contributed by atoms with Gasteiger partial charge in [0.1, 0.15) is 0 Å². The predicted molar refractivity (Wildman–Crippen MR) is 309 cm³/mol. The van der Waals surface area contributed by atoms with Crippen molar-refractivity contribution in [2.24, 2.45) is 0 Å². The molecule has 352 valence electrons. The van der Waals surface area contributed by atoms with Crippen LogP contribution in [0.15, 0.2) is 182 Å². The summed E-state index contributed by atoms with van der Waals surface area (Å²) in [6, 6.07) is 69.1. The van der Waals surface area contributed by atoms with E-state index in [1.54, 1.807) is 0 Å². The zero-order valence-electron chi connectivity index (χ0n) is 43.1. The molecule has 0 unspecified atom stereocenters. The highest BCUT2D eigenvalue weighted by molar-refractivity contribution is 7.33. The monoisotopic (exact) mass is 941 g/mol. The molecule has 9 aromatic rings. The summed E-state index contributed by atoms with van der Waals surface area (Å²) >= 11 is 1.99. The Balaban J connectivity index is 1.25. The number of fused-ring (bicyclic) bond motifs is 7. The summed E-state index contributed by atoms with van der Waals surface area (Å²) in [5, 5.41) is 1.31. The Labute approximate surface area is 426 Å². The summed E-state index contributed by atoms with van der Waals surface area (Å²) in [6.45, 7) is 23.9. The van der Waals surface area contributed by atoms with Gasteiger partial charge in [0, 0.05) is 54.7 Å². The number of hydrogen-bond donors (Lipinski definition) is 0. The van der Waals surface area contributed by atoms with Crippen LogP contribution >= 0.6 is 11.3 Å². The minimum absolute atomic E-state index is 0.0127. The molecule has 3 aliphatic rings. The number of anilines is 9. The van der Waals surface area contributed by atoms with Crippen LogP contribution < -0.4 is 30.4 Å². The molecule has 0 N–H and O–H groups in total. The number of hydrogen-bond acceptors (Lipinski definition) is 4. The molecule has 2 aliphatic heterocycles. The van der Waals surface area contributed by atoms with Gasteiger partial charge in [0.2, 0.25) is 0 Å². The second-order valence-electron chi connectivity index (χ2n) is 23.7. The number of benzene rings is 8. The number of nitrogens with zero attached hydrogens (tertiary/aromatic N) is 3. The second kappa shape index (κ2) is 16.4. The summed E-state index contributed by atoms with van der Waals surface area (Å²) in [4.78, 5) is 7.75. The van der Waals surface area contributed by atoms with Crippen LogP contribution in [-0.2, 0) is 21.7 Å². The summed E-state index contributed by atoms with van der Waals surface area (Å²) in [7, 11) is 0. The molecule has 0 saturated heterocycles. The van der Waals surface area contributed by atoms with Crippen LogP contribution in [0, 0.1) is 0 Å². The fourth-order valence-electron chi connectivity index (χ4n) is 11.8. The van der Waals surface area contributed by atoms with Crippen molar-refractivity contribution in [3.8, 4) is 11.1 Å². The second-order valence-corrected chi connectivity index (χ2v) is 24.8. The van der Waals surface area contributed by atoms with Gasteiger partial charge in [-0.15, -0.1) is 11.3 Å². The molecule has 0 bridgehead atoms. The van der Waals surface area contributed by atoms with Crippen molar-refractivity contribution in [3.05, 3.63) is 204 Å². The standard InChI is InChI=1S/C66H64BN3S/c1-63(2,3)45-29-32-49(33-30-45)69-56-42-54-53(65(7,8)35-36-66(54,9)10)41-55(56)67-60-57(69)39-51(68(47-24-16-12-17-25-47)48-26-18-13-19-27-48)40-58(60)70(50-28-20-23-44(37-50)43-21-14-11-15-22-43)61-52-38-46(64(4,5)6)31-34-59(52)71-62(61)67/h11-34,37-42H,35-36H2,1-10H3. The Bertz CT molecular complexity index is 3460. The van der Waals surface area contributed by atoms with Gasteiger partial charge < -0.3 is 14.7 Å². The first-order valence-electron chi connectivity index (χ1n) is 25.7. The van der Waals surface area contributed by atoms with Crippen LogP contribution in [0.25, 0.3) is 21.2 Å². The minimum Gasteiger partial charge on any atom is -0.311 e. The quantitative estimate of drug-likeness (QED) is 0.154. The molecule has 0 fully saturated rings. The Kier molecular flexibility index (Phi) is 10.4. The van der Waals surface area contributed by atoms with Crippen LogP contribution in [0.2, 0.25) is 0 Å². The third kappa shape index (κ3) is 7.53. The van der Waals surface area contributed by atoms with E-state index in [0.717, 1.165) is 35.6 Å². The molecular weight excluding hydrogens is 878 g/mol. The van der Waals surface area contributed by atoms with Crippen LogP contribution in [0.5, 0.6) is 0 Å². The van der Waals surface area contributed by atoms with Gasteiger partial charge in [0.05, 0.1) is 11.4 Å². The molecule has 0 spiro atoms. The molecule has 0 radical (unpaired) electrons. The van der Waals surface area contributed by atoms with Gasteiger partial charge in [-0.2, -0.15) is 0 Å². The van der Waals surface area contributed by atoms with E-state index in [1.807, 2.05) is 11.3 Å². The fraction of sp³-hybridized carbons (Fsp3) is 0.242. The molecule has 3 heterocycles. The molecule has 0 saturated carbocycles. The van der Waals surface area contributed by atoms with Crippen molar-refractivity contribution >= 4 is 95.0 Å². The average Bonchev–Trinajstić information content (AvgIpc) is 3.74. The first-order valence-corrected chi connectivity index (χ1v) is 26.5. The molecule has 0 amide bonds.